The summed E-state index contributed by atoms with van der Waals surface area (Å²) in [5.74, 6) is 0. The van der Waals surface area contributed by atoms with E-state index < -0.39 is 15.6 Å². The van der Waals surface area contributed by atoms with E-state index in [1.54, 1.807) is 0 Å². The molecule has 0 saturated heterocycles. The van der Waals surface area contributed by atoms with Crippen molar-refractivity contribution in [2.45, 2.75) is 0 Å². The van der Waals surface area contributed by atoms with Crippen LogP contribution in [0.2, 0.25) is 0 Å². The van der Waals surface area contributed by atoms with Crippen molar-refractivity contribution in [2.24, 2.45) is 0 Å². The van der Waals surface area contributed by atoms with Crippen LogP contribution in [0.25, 0.3) is 0 Å². The van der Waals surface area contributed by atoms with Crippen molar-refractivity contribution >= 4 is 15.6 Å². The van der Waals surface area contributed by atoms with Crippen LogP contribution in [-0.2, 0) is 13.4 Å². The molecule has 0 aromatic heterocycles. The first-order valence-electron chi connectivity index (χ1n) is 2.66. The highest BCUT2D eigenvalue weighted by Gasteiger charge is 2.27. The van der Waals surface area contributed by atoms with E-state index in [2.05, 4.69) is 4.31 Å². The Balaban J connectivity index is 0. The van der Waals surface area contributed by atoms with Crippen LogP contribution in [0.4, 0.5) is 0 Å². The van der Waals surface area contributed by atoms with Crippen molar-refractivity contribution in [1.29, 1.82) is 0 Å². The molecule has 0 aliphatic rings. The van der Waals surface area contributed by atoms with Gasteiger partial charge in [-0.15, -0.1) is 0 Å². The molecule has 0 saturated carbocycles. The Morgan fingerprint density at radius 2 is 1.08 bits per heavy atom. The summed E-state index contributed by atoms with van der Waals surface area (Å²) in [6.07, 6.45) is 0. The molecular weight excluding hydrogens is 230 g/mol. The van der Waals surface area contributed by atoms with Gasteiger partial charge in [0.1, 0.15) is 0 Å². The van der Waals surface area contributed by atoms with E-state index in [1.165, 1.54) is 0 Å². The Morgan fingerprint density at radius 1 is 0.846 bits per heavy atom. The highest BCUT2D eigenvalue weighted by atomic mass is 31.3. The lowest BCUT2D eigenvalue weighted by Gasteiger charge is -2.03. The second-order valence-corrected chi connectivity index (χ2v) is 4.13. The normalized spacial score (nSPS) is 11.8. The molecule has 9 nitrogen and oxygen atoms in total. The third-order valence-corrected chi connectivity index (χ3v) is 2.01. The van der Waals surface area contributed by atoms with Gasteiger partial charge in [-0.05, 0) is 0 Å². The van der Waals surface area contributed by atoms with Gasteiger partial charge in [-0.2, -0.15) is 4.31 Å². The van der Waals surface area contributed by atoms with Gasteiger partial charge in [-0.1, -0.05) is 0 Å². The number of rotatable bonds is 3. The van der Waals surface area contributed by atoms with E-state index in [1.807, 2.05) is 0 Å². The van der Waals surface area contributed by atoms with E-state index >= 15 is 0 Å². The van der Waals surface area contributed by atoms with Crippen LogP contribution in [0.1, 0.15) is 0 Å². The fraction of sp³-hybridized carbons (Fsp3) is 1.00. The van der Waals surface area contributed by atoms with Crippen LogP contribution in [0.15, 0.2) is 0 Å². The summed E-state index contributed by atoms with van der Waals surface area (Å²) in [7, 11) is -10.1. The molecule has 0 aromatic carbocycles. The lowest BCUT2D eigenvalue weighted by Crippen LogP contribution is -1.85. The van der Waals surface area contributed by atoms with Crippen molar-refractivity contribution in [3.8, 4) is 0 Å². The number of aliphatic hydroxyl groups excluding tert-OH is 2. The van der Waals surface area contributed by atoms with Crippen molar-refractivity contribution in [2.75, 3.05) is 13.2 Å². The highest BCUT2D eigenvalue weighted by molar-refractivity contribution is 7.60. The molecule has 0 aromatic rings. The third-order valence-electron chi connectivity index (χ3n) is 0.313. The third kappa shape index (κ3) is 24.5. The first-order valence-corrected chi connectivity index (χ1v) is 5.72. The number of hydrogen-bond acceptors (Lipinski definition) is 5. The van der Waals surface area contributed by atoms with Crippen LogP contribution in [0.3, 0.4) is 0 Å². The van der Waals surface area contributed by atoms with Gasteiger partial charge in [0.15, 0.2) is 0 Å². The Labute approximate surface area is 73.1 Å². The summed E-state index contributed by atoms with van der Waals surface area (Å²) in [5, 5.41) is 15.2. The van der Waals surface area contributed by atoms with E-state index in [4.69, 9.17) is 29.8 Å². The zero-order valence-electron chi connectivity index (χ0n) is 6.22. The topological polar surface area (TPSA) is 165 Å². The molecule has 0 rings (SSSR count). The molecule has 11 heteroatoms. The Hall–Kier alpha value is 0.180. The van der Waals surface area contributed by atoms with E-state index in [-0.39, 0.29) is 13.2 Å². The van der Waals surface area contributed by atoms with Gasteiger partial charge in [0.2, 0.25) is 0 Å². The maximum Gasteiger partial charge on any atom is 0.478 e. The van der Waals surface area contributed by atoms with Crippen LogP contribution in [0.5, 0.6) is 0 Å². The summed E-state index contributed by atoms with van der Waals surface area (Å²) in [6.45, 7) is -0.250. The zero-order chi connectivity index (χ0) is 11.1. The molecule has 0 aliphatic carbocycles. The molecule has 0 unspecified atom stereocenters. The largest absolute Gasteiger partial charge is 0.478 e. The zero-order valence-corrected chi connectivity index (χ0v) is 8.01. The van der Waals surface area contributed by atoms with Crippen LogP contribution in [-0.4, -0.2) is 43.0 Å². The summed E-state index contributed by atoms with van der Waals surface area (Å²) in [6, 6.07) is 0. The van der Waals surface area contributed by atoms with Gasteiger partial charge in [-0.25, -0.2) is 9.13 Å². The van der Waals surface area contributed by atoms with Crippen molar-refractivity contribution in [3.05, 3.63) is 0 Å². The van der Waals surface area contributed by atoms with Crippen LogP contribution >= 0.6 is 15.6 Å². The van der Waals surface area contributed by atoms with E-state index in [9.17, 15) is 9.13 Å². The second-order valence-electron chi connectivity index (χ2n) is 1.51. The molecule has 13 heavy (non-hydrogen) atoms. The molecule has 0 atom stereocenters. The Morgan fingerprint density at radius 3 is 1.08 bits per heavy atom. The molecule has 0 aliphatic heterocycles. The predicted octanol–water partition coefficient (Wildman–Crippen LogP) is -1.84. The minimum absolute atomic E-state index is 0.125. The van der Waals surface area contributed by atoms with Crippen molar-refractivity contribution < 1.29 is 43.2 Å². The van der Waals surface area contributed by atoms with Crippen LogP contribution in [0, 0.1) is 0 Å². The van der Waals surface area contributed by atoms with Gasteiger partial charge in [-0.3, -0.25) is 0 Å². The molecule has 0 fully saturated rings. The molecule has 0 radical (unpaired) electrons. The summed E-state index contributed by atoms with van der Waals surface area (Å²) in [5.41, 5.74) is 0. The maximum atomic E-state index is 9.63. The lowest BCUT2D eigenvalue weighted by molar-refractivity contribution is 0.186. The first-order chi connectivity index (χ1) is 5.62. The minimum Gasteiger partial charge on any atom is -0.394 e. The molecule has 0 heterocycles. The number of aliphatic hydroxyl groups is 2. The second kappa shape index (κ2) is 6.61. The fourth-order valence-corrected chi connectivity index (χ4v) is 1.25. The van der Waals surface area contributed by atoms with Crippen molar-refractivity contribution in [1.82, 2.24) is 0 Å². The van der Waals surface area contributed by atoms with E-state index in [0.717, 1.165) is 0 Å². The fourth-order valence-electron chi connectivity index (χ4n) is 0.139. The average molecular weight is 240 g/mol. The molecular formula is C2H10O9P2. The molecule has 6 N–H and O–H groups in total. The average Bonchev–Trinajstić information content (AvgIpc) is 1.80. The molecule has 0 bridgehead atoms. The lowest BCUT2D eigenvalue weighted by atomic mass is 10.8. The Bertz CT molecular complexity index is 178. The smallest absolute Gasteiger partial charge is 0.394 e. The summed E-state index contributed by atoms with van der Waals surface area (Å²) < 4.78 is 22.2. The van der Waals surface area contributed by atoms with Gasteiger partial charge >= 0.3 is 15.6 Å². The number of phosphoric acid groups is 2. The quantitative estimate of drug-likeness (QED) is 0.311. The Kier molecular flexibility index (Phi) is 7.95. The first kappa shape index (κ1) is 15.6. The minimum atomic E-state index is -5.05. The van der Waals surface area contributed by atoms with Crippen molar-refractivity contribution in [3.63, 3.8) is 0 Å². The maximum absolute atomic E-state index is 9.63. The standard InChI is InChI=1S/C2H6O2.H4O7P2/c3-1-2-4;1-8(2,3)7-9(4,5)6/h3-4H,1-2H2;(H2,1,2,3)(H2,4,5,6). The molecule has 82 valence electrons. The molecule has 0 amide bonds. The predicted molar refractivity (Wildman–Crippen MR) is 39.3 cm³/mol. The van der Waals surface area contributed by atoms with Gasteiger partial charge in [0.25, 0.3) is 0 Å². The van der Waals surface area contributed by atoms with Gasteiger partial charge < -0.3 is 29.8 Å². The summed E-state index contributed by atoms with van der Waals surface area (Å²) >= 11 is 0. The SMILES string of the molecule is O=P(O)(O)OP(=O)(O)O.OCCO. The van der Waals surface area contributed by atoms with E-state index in [0.29, 0.717) is 0 Å². The summed E-state index contributed by atoms with van der Waals surface area (Å²) in [4.78, 5) is 31.0. The van der Waals surface area contributed by atoms with Gasteiger partial charge in [0.05, 0.1) is 13.2 Å². The monoisotopic (exact) mass is 240 g/mol. The number of hydrogen-bond donors (Lipinski definition) is 6. The van der Waals surface area contributed by atoms with Gasteiger partial charge in [0, 0.05) is 0 Å². The van der Waals surface area contributed by atoms with Crippen LogP contribution < -0.4 is 0 Å². The highest BCUT2D eigenvalue weighted by Crippen LogP contribution is 2.53. The molecule has 0 spiro atoms.